The van der Waals surface area contributed by atoms with Crippen molar-refractivity contribution in [3.8, 4) is 34.5 Å². The molecule has 0 radical (unpaired) electrons. The van der Waals surface area contributed by atoms with Crippen molar-refractivity contribution in [3.05, 3.63) is 255 Å². The number of rotatable bonds is 36. The molecular weight excluding hydrogens is 1390 g/mol. The highest BCUT2D eigenvalue weighted by Crippen LogP contribution is 2.48. The summed E-state index contributed by atoms with van der Waals surface area (Å²) in [7, 11) is 0. The monoisotopic (exact) mass is 1500 g/mol. The molecule has 6 nitrogen and oxygen atoms in total. The van der Waals surface area contributed by atoms with Gasteiger partial charge in [-0.3, -0.25) is 0 Å². The fraction of sp³-hybridized carbons (Fsp3) is 0.333. The molecule has 576 valence electrons. The van der Waals surface area contributed by atoms with Gasteiger partial charge in [0.25, 0.3) is 0 Å². The average Bonchev–Trinajstić information content (AvgIpc) is 0.759. The third kappa shape index (κ3) is 21.2. The van der Waals surface area contributed by atoms with Gasteiger partial charge in [-0.1, -0.05) is 230 Å². The van der Waals surface area contributed by atoms with Crippen LogP contribution in [0.3, 0.4) is 0 Å². The van der Waals surface area contributed by atoms with Crippen LogP contribution in [0.5, 0.6) is 34.5 Å². The fourth-order valence-electron chi connectivity index (χ4n) is 14.8. The van der Waals surface area contributed by atoms with Crippen molar-refractivity contribution in [2.75, 3.05) is 39.6 Å². The molecule has 0 amide bonds. The van der Waals surface area contributed by atoms with Crippen LogP contribution >= 0.6 is 0 Å². The third-order valence-electron chi connectivity index (χ3n) is 21.3. The Hall–Kier alpha value is -11.6. The lowest BCUT2D eigenvalue weighted by Gasteiger charge is -2.19. The molecule has 0 N–H and O–H groups in total. The highest BCUT2D eigenvalue weighted by Gasteiger charge is 2.22. The van der Waals surface area contributed by atoms with Gasteiger partial charge < -0.3 is 28.4 Å². The molecule has 18 bridgehead atoms. The van der Waals surface area contributed by atoms with E-state index in [9.17, 15) is 0 Å². The molecule has 0 saturated heterocycles. The normalized spacial score (nSPS) is 11.0. The lowest BCUT2D eigenvalue weighted by Crippen LogP contribution is -2.04. The van der Waals surface area contributed by atoms with Gasteiger partial charge >= 0.3 is 0 Å². The van der Waals surface area contributed by atoms with Crippen molar-refractivity contribution in [1.82, 2.24) is 0 Å². The van der Waals surface area contributed by atoms with Gasteiger partial charge in [0.1, 0.15) is 0 Å². The zero-order chi connectivity index (χ0) is 78.5. The Morgan fingerprint density at radius 1 is 0.149 bits per heavy atom. The predicted octanol–water partition coefficient (Wildman–Crippen LogP) is 29.9. The van der Waals surface area contributed by atoms with Crippen molar-refractivity contribution in [3.63, 3.8) is 0 Å². The maximum Gasteiger partial charge on any atom is 0.169 e. The summed E-state index contributed by atoms with van der Waals surface area (Å²) in [6, 6.07) is 106. The van der Waals surface area contributed by atoms with Crippen LogP contribution < -0.4 is 28.4 Å². The van der Waals surface area contributed by atoms with Gasteiger partial charge in [-0.15, -0.1) is 0 Å². The quantitative estimate of drug-likeness (QED) is 0.0288. The Balaban J connectivity index is 0.980. The van der Waals surface area contributed by atoms with Crippen molar-refractivity contribution in [1.29, 1.82) is 0 Å². The van der Waals surface area contributed by atoms with E-state index in [1.807, 2.05) is 0 Å². The average molecular weight is 1500 g/mol. The second-order valence-corrected chi connectivity index (χ2v) is 30.2. The predicted molar refractivity (Wildman–Crippen MR) is 480 cm³/mol. The molecule has 114 heavy (non-hydrogen) atoms. The van der Waals surface area contributed by atoms with Gasteiger partial charge in [-0.25, -0.2) is 0 Å². The highest BCUT2D eigenvalue weighted by molar-refractivity contribution is 6.18. The van der Waals surface area contributed by atoms with E-state index in [0.717, 1.165) is 279 Å². The third-order valence-corrected chi connectivity index (χ3v) is 21.3. The lowest BCUT2D eigenvalue weighted by atomic mass is 9.98. The molecule has 0 aliphatic rings. The minimum Gasteiger partial charge on any atom is -0.489 e. The molecule has 0 unspecified atom stereocenters. The molecule has 0 fully saturated rings. The number of unbranched alkanes of at least 4 members (excludes halogenated alkanes) is 18. The molecule has 0 atom stereocenters. The number of fused-ring (bicyclic) bond motifs is 3. The Bertz CT molecular complexity index is 4800. The summed E-state index contributed by atoms with van der Waals surface area (Å²) in [5.74, 6) is 4.72. The van der Waals surface area contributed by atoms with Crippen LogP contribution in [-0.4, -0.2) is 39.6 Å². The van der Waals surface area contributed by atoms with Crippen LogP contribution in [0.25, 0.3) is 129 Å². The van der Waals surface area contributed by atoms with E-state index < -0.39 is 0 Å². The summed E-state index contributed by atoms with van der Waals surface area (Å²) < 4.78 is 41.2. The fourth-order valence-corrected chi connectivity index (χ4v) is 14.8. The van der Waals surface area contributed by atoms with E-state index in [1.165, 1.54) is 38.5 Å². The number of hydrogen-bond acceptors (Lipinski definition) is 6. The van der Waals surface area contributed by atoms with Gasteiger partial charge in [0.05, 0.1) is 39.6 Å². The topological polar surface area (TPSA) is 55.4 Å². The van der Waals surface area contributed by atoms with Gasteiger partial charge in [0.15, 0.2) is 34.5 Å². The minimum atomic E-state index is 0.602. The number of hydrogen-bond donors (Lipinski definition) is 0. The minimum absolute atomic E-state index is 0.602. The van der Waals surface area contributed by atoms with E-state index >= 15 is 0 Å². The zero-order valence-electron chi connectivity index (χ0n) is 68.0. The summed E-state index contributed by atoms with van der Waals surface area (Å²) in [6.45, 7) is 17.1. The molecule has 6 heteroatoms. The second kappa shape index (κ2) is 41.8. The Morgan fingerprint density at radius 2 is 0.281 bits per heavy atom. The Morgan fingerprint density at radius 3 is 0.421 bits per heavy atom. The maximum atomic E-state index is 6.87. The SMILES string of the molecule is CCCCCCOc1c(OCCCCCC)c2ccc3c#cc4ccc(c#cc5ccc6c(OCCCCCC)c(OCCCCCC)c7ccc(c#cc8ccc(c#cc9ccc%10c(OCCCCCC)c(OCCCCCC)c%11ccc(c#cc%12ccc(c#cc%13ccc1c(c%13)c2c3)cc%12)cc%11c%10c9)cc8)cc7c6c5)cc4. The molecule has 0 heterocycles. The number of ether oxygens (including phenoxy) is 6. The summed E-state index contributed by atoms with van der Waals surface area (Å²) in [6.07, 6.45) is 26.4. The van der Waals surface area contributed by atoms with Crippen molar-refractivity contribution >= 4 is 129 Å². The smallest absolute Gasteiger partial charge is 0.169 e. The molecule has 0 aliphatic carbocycles. The van der Waals surface area contributed by atoms with Crippen LogP contribution in [0.4, 0.5) is 0 Å². The van der Waals surface area contributed by atoms with E-state index in [-0.39, 0.29) is 0 Å². The number of benzene rings is 12. The van der Waals surface area contributed by atoms with E-state index in [0.29, 0.717) is 39.6 Å². The molecule has 16 aromatic rings. The first-order valence-corrected chi connectivity index (χ1v) is 42.6. The van der Waals surface area contributed by atoms with Crippen LogP contribution in [0.1, 0.15) is 196 Å². The van der Waals surface area contributed by atoms with Crippen LogP contribution in [-0.2, 0) is 0 Å². The molecule has 0 aromatic heterocycles. The first kappa shape index (κ1) is 80.4. The maximum absolute atomic E-state index is 6.87. The molecule has 16 rings (SSSR count). The largest absolute Gasteiger partial charge is 0.489 e. The van der Waals surface area contributed by atoms with Crippen molar-refractivity contribution < 1.29 is 28.4 Å². The van der Waals surface area contributed by atoms with Crippen LogP contribution in [0, 0.1) is 72.8 Å². The van der Waals surface area contributed by atoms with Crippen LogP contribution in [0.2, 0.25) is 0 Å². The summed E-state index contributed by atoms with van der Waals surface area (Å²) in [5, 5.41) is 22.8. The molecular formula is C108H108O6. The van der Waals surface area contributed by atoms with Gasteiger partial charge in [-0.2, -0.15) is 0 Å². The lowest BCUT2D eigenvalue weighted by molar-refractivity contribution is 0.264. The van der Waals surface area contributed by atoms with Gasteiger partial charge in [0.2, 0.25) is 0 Å². The molecule has 0 aliphatic heterocycles. The zero-order valence-corrected chi connectivity index (χ0v) is 68.0. The Labute approximate surface area is 678 Å². The van der Waals surface area contributed by atoms with Crippen molar-refractivity contribution in [2.24, 2.45) is 0 Å². The molecule has 0 saturated carbocycles. The van der Waals surface area contributed by atoms with E-state index in [2.05, 4.69) is 296 Å². The van der Waals surface area contributed by atoms with E-state index in [1.54, 1.807) is 0 Å². The second-order valence-electron chi connectivity index (χ2n) is 30.2. The summed E-state index contributed by atoms with van der Waals surface area (Å²) in [4.78, 5) is 0. The molecule has 0 spiro atoms. The first-order valence-electron chi connectivity index (χ1n) is 42.6. The summed E-state index contributed by atoms with van der Waals surface area (Å²) in [5.41, 5.74) is 0. The van der Waals surface area contributed by atoms with Crippen molar-refractivity contribution in [2.45, 2.75) is 196 Å². The van der Waals surface area contributed by atoms with Gasteiger partial charge in [-0.05, 0) is 253 Å². The Kier molecular flexibility index (Phi) is 29.5. The first-order chi connectivity index (χ1) is 56.3. The highest BCUT2D eigenvalue weighted by atomic mass is 16.5. The summed E-state index contributed by atoms with van der Waals surface area (Å²) >= 11 is 0. The van der Waals surface area contributed by atoms with E-state index in [4.69, 9.17) is 28.4 Å². The molecule has 16 aromatic carbocycles. The van der Waals surface area contributed by atoms with Crippen LogP contribution in [0.15, 0.2) is 182 Å². The standard InChI is InChI=1S/C108H108O6/c1-7-13-19-25-67-109-103-91-61-55-85-49-43-79-31-33-81(34-32-79)45-51-87-57-63-93-99(75-87)101-77-89(59-65-95(101)107(113-71-29-23-17-11-5)105(93)111-69-27-21-15-9-3)53-47-83-39-41-84(42-40-83)48-54-90-60-66-96-102(78-90)100-76-88(58-64-94(100)106(112-70-28-22-16-10-4)108(96)114-72-30-24-18-12-6)52-46-82-37-35-80(36-38-82)44-50-86-56-62-92(98(74-86)97(91)73-85)104(103)110-68-26-20-14-8-2/h31-42,55-66,73-78H,7-30,67-72H2,1-6H3. The van der Waals surface area contributed by atoms with Gasteiger partial charge in [0, 0.05) is 97.0 Å².